The van der Waals surface area contributed by atoms with Crippen molar-refractivity contribution >= 4 is 16.7 Å². The molecule has 0 saturated heterocycles. The first-order chi connectivity index (χ1) is 13.5. The van der Waals surface area contributed by atoms with Crippen molar-refractivity contribution < 1.29 is 23.4 Å². The first-order valence-electron chi connectivity index (χ1n) is 8.99. The van der Waals surface area contributed by atoms with E-state index in [2.05, 4.69) is 0 Å². The molecule has 0 bridgehead atoms. The number of ether oxygens (including phenoxy) is 1. The van der Waals surface area contributed by atoms with Crippen LogP contribution in [0, 0.1) is 11.6 Å². The zero-order chi connectivity index (χ0) is 21.5. The van der Waals surface area contributed by atoms with Gasteiger partial charge in [0.1, 0.15) is 0 Å². The molecule has 2 aromatic carbocycles. The zero-order valence-corrected chi connectivity index (χ0v) is 16.5. The van der Waals surface area contributed by atoms with Crippen molar-refractivity contribution in [2.45, 2.75) is 32.5 Å². The molecule has 1 aromatic heterocycles. The summed E-state index contributed by atoms with van der Waals surface area (Å²) in [6, 6.07) is 9.92. The Morgan fingerprint density at radius 2 is 1.69 bits per heavy atom. The lowest BCUT2D eigenvalue weighted by Gasteiger charge is -2.28. The highest BCUT2D eigenvalue weighted by Crippen LogP contribution is 2.37. The molecule has 0 fully saturated rings. The van der Waals surface area contributed by atoms with E-state index < -0.39 is 34.9 Å². The molecule has 3 aromatic rings. The maximum atomic E-state index is 14.0. The van der Waals surface area contributed by atoms with Crippen LogP contribution in [0.2, 0.25) is 0 Å². The van der Waals surface area contributed by atoms with Crippen LogP contribution in [0.4, 0.5) is 8.78 Å². The molecular weight excluding hydrogens is 380 g/mol. The molecule has 5 nitrogen and oxygen atoms in total. The Morgan fingerprint density at radius 3 is 2.24 bits per heavy atom. The van der Waals surface area contributed by atoms with Gasteiger partial charge in [-0.1, -0.05) is 24.3 Å². The highest BCUT2D eigenvalue weighted by atomic mass is 19.2. The third-order valence-corrected chi connectivity index (χ3v) is 4.50. The van der Waals surface area contributed by atoms with E-state index in [1.165, 1.54) is 17.7 Å². The van der Waals surface area contributed by atoms with Crippen LogP contribution in [-0.4, -0.2) is 21.2 Å². The van der Waals surface area contributed by atoms with E-state index in [4.69, 9.17) is 4.74 Å². The third-order valence-electron chi connectivity index (χ3n) is 4.50. The summed E-state index contributed by atoms with van der Waals surface area (Å²) in [5, 5.41) is 10.6. The van der Waals surface area contributed by atoms with Crippen LogP contribution in [0.1, 0.15) is 32.6 Å². The number of hydrogen-bond donors (Lipinski definition) is 1. The fraction of sp³-hybridized carbons (Fsp3) is 0.273. The van der Waals surface area contributed by atoms with Gasteiger partial charge >= 0.3 is 5.97 Å². The van der Waals surface area contributed by atoms with Gasteiger partial charge in [0, 0.05) is 18.0 Å². The Morgan fingerprint density at radius 1 is 1.07 bits per heavy atom. The summed E-state index contributed by atoms with van der Waals surface area (Å²) >= 11 is 0. The van der Waals surface area contributed by atoms with Crippen molar-refractivity contribution in [2.75, 3.05) is 0 Å². The van der Waals surface area contributed by atoms with Gasteiger partial charge in [-0.25, -0.2) is 13.6 Å². The van der Waals surface area contributed by atoms with Crippen molar-refractivity contribution in [3.63, 3.8) is 0 Å². The third kappa shape index (κ3) is 3.91. The lowest BCUT2D eigenvalue weighted by molar-refractivity contribution is -0.161. The minimum Gasteiger partial charge on any atom is -0.479 e. The summed E-state index contributed by atoms with van der Waals surface area (Å²) in [7, 11) is 1.44. The molecule has 7 heteroatoms. The summed E-state index contributed by atoms with van der Waals surface area (Å²) in [6.07, 6.45) is -1.50. The summed E-state index contributed by atoms with van der Waals surface area (Å²) in [4.78, 5) is 25.0. The minimum atomic E-state index is -1.50. The van der Waals surface area contributed by atoms with Crippen molar-refractivity contribution in [3.8, 4) is 11.1 Å². The number of aliphatic carboxylic acids is 1. The fourth-order valence-electron chi connectivity index (χ4n) is 3.32. The Balaban J connectivity index is 2.48. The second kappa shape index (κ2) is 7.40. The monoisotopic (exact) mass is 401 g/mol. The summed E-state index contributed by atoms with van der Waals surface area (Å²) < 4.78 is 34.5. The van der Waals surface area contributed by atoms with Gasteiger partial charge in [-0.05, 0) is 49.9 Å². The van der Waals surface area contributed by atoms with Crippen molar-refractivity contribution in [1.82, 2.24) is 4.57 Å². The molecule has 0 amide bonds. The van der Waals surface area contributed by atoms with Gasteiger partial charge in [-0.3, -0.25) is 4.79 Å². The number of rotatable bonds is 4. The molecule has 152 valence electrons. The summed E-state index contributed by atoms with van der Waals surface area (Å²) in [5.74, 6) is -3.39. The van der Waals surface area contributed by atoms with Crippen LogP contribution in [0.25, 0.3) is 21.9 Å². The van der Waals surface area contributed by atoms with E-state index in [0.29, 0.717) is 16.3 Å². The van der Waals surface area contributed by atoms with E-state index in [9.17, 15) is 23.5 Å². The number of carbonyl (C=O) groups is 1. The Bertz CT molecular complexity index is 1160. The van der Waals surface area contributed by atoms with Gasteiger partial charge in [-0.2, -0.15) is 0 Å². The summed E-state index contributed by atoms with van der Waals surface area (Å²) in [5.41, 5.74) is -0.642. The number of nitrogens with zero attached hydrogens (tertiary/aromatic N) is 1. The molecule has 0 spiro atoms. The average molecular weight is 401 g/mol. The van der Waals surface area contributed by atoms with E-state index in [0.717, 1.165) is 12.1 Å². The molecule has 1 N–H and O–H groups in total. The Labute approximate surface area is 166 Å². The van der Waals surface area contributed by atoms with Gasteiger partial charge in [0.2, 0.25) is 0 Å². The largest absolute Gasteiger partial charge is 0.479 e. The number of hydrogen-bond acceptors (Lipinski definition) is 3. The minimum absolute atomic E-state index is 0.0575. The van der Waals surface area contributed by atoms with Gasteiger partial charge < -0.3 is 14.4 Å². The number of carboxylic acid groups (broad SMARTS) is 1. The SMILES string of the molecule is Cn1c(C(OC(C)(C)C)C(=O)O)c(-c2ccc(F)c(F)c2)c2ccccc2c1=O. The average Bonchev–Trinajstić information content (AvgIpc) is 2.64. The van der Waals surface area contributed by atoms with Crippen LogP contribution in [0.3, 0.4) is 0 Å². The molecule has 0 saturated carbocycles. The molecular formula is C22H21F2NO4. The molecule has 0 aliphatic heterocycles. The topological polar surface area (TPSA) is 68.5 Å². The highest BCUT2D eigenvalue weighted by Gasteiger charge is 2.33. The van der Waals surface area contributed by atoms with E-state index in [1.807, 2.05) is 0 Å². The summed E-state index contributed by atoms with van der Waals surface area (Å²) in [6.45, 7) is 5.08. The molecule has 1 heterocycles. The maximum absolute atomic E-state index is 14.0. The van der Waals surface area contributed by atoms with Gasteiger partial charge in [0.05, 0.1) is 11.3 Å². The van der Waals surface area contributed by atoms with Gasteiger partial charge in [0.15, 0.2) is 17.7 Å². The van der Waals surface area contributed by atoms with Crippen LogP contribution < -0.4 is 5.56 Å². The Hall–Kier alpha value is -3.06. The van der Waals surface area contributed by atoms with Crippen LogP contribution in [-0.2, 0) is 16.6 Å². The lowest BCUT2D eigenvalue weighted by atomic mass is 9.94. The lowest BCUT2D eigenvalue weighted by Crippen LogP contribution is -2.32. The van der Waals surface area contributed by atoms with Crippen molar-refractivity contribution in [1.29, 1.82) is 0 Å². The van der Waals surface area contributed by atoms with Crippen LogP contribution in [0.5, 0.6) is 0 Å². The quantitative estimate of drug-likeness (QED) is 0.703. The number of aromatic nitrogens is 1. The normalized spacial score (nSPS) is 12.9. The highest BCUT2D eigenvalue weighted by molar-refractivity contribution is 5.98. The molecule has 29 heavy (non-hydrogen) atoms. The van der Waals surface area contributed by atoms with E-state index in [1.54, 1.807) is 45.0 Å². The molecule has 1 unspecified atom stereocenters. The zero-order valence-electron chi connectivity index (χ0n) is 16.5. The number of pyridine rings is 1. The van der Waals surface area contributed by atoms with Crippen LogP contribution >= 0.6 is 0 Å². The molecule has 1 atom stereocenters. The first kappa shape index (κ1) is 20.7. The van der Waals surface area contributed by atoms with E-state index in [-0.39, 0.29) is 11.3 Å². The number of halogens is 2. The molecule has 0 aliphatic rings. The van der Waals surface area contributed by atoms with Crippen molar-refractivity contribution in [2.24, 2.45) is 7.05 Å². The second-order valence-corrected chi connectivity index (χ2v) is 7.75. The first-order valence-corrected chi connectivity index (χ1v) is 8.99. The maximum Gasteiger partial charge on any atom is 0.339 e. The van der Waals surface area contributed by atoms with Crippen LogP contribution in [0.15, 0.2) is 47.3 Å². The number of benzene rings is 2. The number of carboxylic acids is 1. The molecule has 0 radical (unpaired) electrons. The van der Waals surface area contributed by atoms with Crippen molar-refractivity contribution in [3.05, 3.63) is 70.1 Å². The second-order valence-electron chi connectivity index (χ2n) is 7.75. The predicted octanol–water partition coefficient (Wildman–Crippen LogP) is 4.42. The number of fused-ring (bicyclic) bond motifs is 1. The van der Waals surface area contributed by atoms with Gasteiger partial charge in [-0.15, -0.1) is 0 Å². The predicted molar refractivity (Wildman–Crippen MR) is 106 cm³/mol. The standard InChI is InChI=1S/C22H21F2NO4/c1-22(2,3)29-19(21(27)28)18-17(12-9-10-15(23)16(24)11-12)13-7-5-6-8-14(13)20(26)25(18)4/h5-11,19H,1-4H3,(H,27,28). The fourth-order valence-corrected chi connectivity index (χ4v) is 3.32. The van der Waals surface area contributed by atoms with E-state index >= 15 is 0 Å². The smallest absolute Gasteiger partial charge is 0.339 e. The Kier molecular flexibility index (Phi) is 5.28. The van der Waals surface area contributed by atoms with Gasteiger partial charge in [0.25, 0.3) is 5.56 Å². The molecule has 0 aliphatic carbocycles. The molecule has 3 rings (SSSR count).